The second-order valence-electron chi connectivity index (χ2n) is 5.31. The third-order valence-electron chi connectivity index (χ3n) is 3.36. The Kier molecular flexibility index (Phi) is 4.79. The second-order valence-corrected chi connectivity index (χ2v) is 7.12. The monoisotopic (exact) mass is 369 g/mol. The van der Waals surface area contributed by atoms with Gasteiger partial charge in [0, 0.05) is 7.05 Å². The highest BCUT2D eigenvalue weighted by atomic mass is 32.2. The average Bonchev–Trinajstić information content (AvgIpc) is 2.87. The summed E-state index contributed by atoms with van der Waals surface area (Å²) in [4.78, 5) is 24.2. The van der Waals surface area contributed by atoms with Gasteiger partial charge in [-0.15, -0.1) is 0 Å². The number of hydrogen-bond donors (Lipinski definition) is 1. The number of aromatic nitrogens is 2. The molecule has 1 N–H and O–H groups in total. The van der Waals surface area contributed by atoms with Crippen molar-refractivity contribution in [3.8, 4) is 5.75 Å². The first-order valence-corrected chi connectivity index (χ1v) is 8.40. The molecule has 0 atom stereocenters. The standard InChI is InChI=1S/C14H15N3O7S/c1-8-4-10(24-6-11(18)19)5-9(2)12(8)25(22,23)14-13(17(20)21)15-7-16(14)3/h4-5,7H,6H2,1-3H3,(H,18,19). The molecule has 11 heteroatoms. The Morgan fingerprint density at radius 3 is 2.40 bits per heavy atom. The molecule has 25 heavy (non-hydrogen) atoms. The molecule has 0 aliphatic carbocycles. The molecule has 1 heterocycles. The van der Waals surface area contributed by atoms with Crippen LogP contribution in [0.5, 0.6) is 5.75 Å². The number of aliphatic carboxylic acids is 1. The fourth-order valence-electron chi connectivity index (χ4n) is 2.50. The zero-order valence-electron chi connectivity index (χ0n) is 13.6. The van der Waals surface area contributed by atoms with E-state index >= 15 is 0 Å². The van der Waals surface area contributed by atoms with Gasteiger partial charge in [0.25, 0.3) is 0 Å². The van der Waals surface area contributed by atoms with Crippen molar-refractivity contribution >= 4 is 21.6 Å². The number of aryl methyl sites for hydroxylation is 3. The van der Waals surface area contributed by atoms with E-state index in [0.29, 0.717) is 0 Å². The summed E-state index contributed by atoms with van der Waals surface area (Å²) in [6.07, 6.45) is 1.06. The fraction of sp³-hybridized carbons (Fsp3) is 0.286. The highest BCUT2D eigenvalue weighted by Crippen LogP contribution is 2.33. The van der Waals surface area contributed by atoms with Gasteiger partial charge in [0.1, 0.15) is 5.75 Å². The van der Waals surface area contributed by atoms with E-state index in [2.05, 4.69) is 4.98 Å². The van der Waals surface area contributed by atoms with E-state index in [1.54, 1.807) is 0 Å². The van der Waals surface area contributed by atoms with E-state index in [0.717, 1.165) is 10.9 Å². The Hall–Kier alpha value is -2.95. The quantitative estimate of drug-likeness (QED) is 0.592. The van der Waals surface area contributed by atoms with Gasteiger partial charge in [0.2, 0.25) is 21.2 Å². The number of ether oxygens (including phenoxy) is 1. The van der Waals surface area contributed by atoms with E-state index in [1.165, 1.54) is 33.0 Å². The predicted molar refractivity (Wildman–Crippen MR) is 84.4 cm³/mol. The Morgan fingerprint density at radius 1 is 1.36 bits per heavy atom. The molecule has 1 aromatic carbocycles. The number of carboxylic acid groups (broad SMARTS) is 1. The molecule has 0 unspecified atom stereocenters. The lowest BCUT2D eigenvalue weighted by atomic mass is 10.1. The molecule has 0 amide bonds. The summed E-state index contributed by atoms with van der Waals surface area (Å²) in [5, 5.41) is 19.2. The lowest BCUT2D eigenvalue weighted by molar-refractivity contribution is -0.392. The van der Waals surface area contributed by atoms with Crippen LogP contribution in [0.1, 0.15) is 11.1 Å². The van der Waals surface area contributed by atoms with E-state index in [1.807, 2.05) is 0 Å². The number of imidazole rings is 1. The summed E-state index contributed by atoms with van der Waals surface area (Å²) in [5.41, 5.74) is 0.548. The number of carboxylic acids is 1. The van der Waals surface area contributed by atoms with E-state index in [9.17, 15) is 23.3 Å². The van der Waals surface area contributed by atoms with Gasteiger partial charge < -0.3 is 20.0 Å². The fourth-order valence-corrected chi connectivity index (χ4v) is 4.45. The Labute approximate surface area is 142 Å². The number of benzene rings is 1. The summed E-state index contributed by atoms with van der Waals surface area (Å²) < 4.78 is 32.0. The SMILES string of the molecule is Cc1cc(OCC(=O)O)cc(C)c1S(=O)(=O)c1c([N+](=O)[O-])ncn1C. The van der Waals surface area contributed by atoms with Gasteiger partial charge in [-0.25, -0.2) is 13.2 Å². The smallest absolute Gasteiger partial charge is 0.401 e. The first-order valence-electron chi connectivity index (χ1n) is 6.92. The van der Waals surface area contributed by atoms with Gasteiger partial charge in [-0.3, -0.25) is 4.57 Å². The predicted octanol–water partition coefficient (Wildman–Crippen LogP) is 1.24. The van der Waals surface area contributed by atoms with Crippen LogP contribution in [-0.2, 0) is 21.7 Å². The molecular weight excluding hydrogens is 354 g/mol. The van der Waals surface area contributed by atoms with Crippen LogP contribution in [0, 0.1) is 24.0 Å². The molecule has 134 valence electrons. The average molecular weight is 369 g/mol. The van der Waals surface area contributed by atoms with E-state index in [4.69, 9.17) is 9.84 Å². The number of nitrogens with zero attached hydrogens (tertiary/aromatic N) is 3. The van der Waals surface area contributed by atoms with Crippen molar-refractivity contribution < 1.29 is 28.0 Å². The number of nitro groups is 1. The van der Waals surface area contributed by atoms with Crippen molar-refractivity contribution in [2.75, 3.05) is 6.61 Å². The van der Waals surface area contributed by atoms with Gasteiger partial charge >= 0.3 is 11.8 Å². The maximum absolute atomic E-state index is 13.0. The second kappa shape index (κ2) is 6.51. The Balaban J connectivity index is 2.60. The number of rotatable bonds is 6. The maximum Gasteiger partial charge on any atom is 0.401 e. The summed E-state index contributed by atoms with van der Waals surface area (Å²) >= 11 is 0. The number of carbonyl (C=O) groups is 1. The van der Waals surface area contributed by atoms with Gasteiger partial charge in [-0.1, -0.05) is 0 Å². The number of sulfone groups is 1. The van der Waals surface area contributed by atoms with Crippen LogP contribution in [0.4, 0.5) is 5.82 Å². The third kappa shape index (κ3) is 3.45. The minimum Gasteiger partial charge on any atom is -0.482 e. The molecule has 2 rings (SSSR count). The highest BCUT2D eigenvalue weighted by Gasteiger charge is 2.35. The molecule has 0 spiro atoms. The maximum atomic E-state index is 13.0. The zero-order valence-corrected chi connectivity index (χ0v) is 14.4. The third-order valence-corrected chi connectivity index (χ3v) is 5.52. The molecule has 0 aliphatic rings. The highest BCUT2D eigenvalue weighted by molar-refractivity contribution is 7.91. The van der Waals surface area contributed by atoms with Gasteiger partial charge in [-0.2, -0.15) is 0 Å². The lowest BCUT2D eigenvalue weighted by Gasteiger charge is -2.13. The van der Waals surface area contributed by atoms with Crippen molar-refractivity contribution in [1.29, 1.82) is 0 Å². The first kappa shape index (κ1) is 18.4. The minimum absolute atomic E-state index is 0.109. The van der Waals surface area contributed by atoms with Crippen LogP contribution in [0.25, 0.3) is 0 Å². The molecule has 0 bridgehead atoms. The van der Waals surface area contributed by atoms with Crippen molar-refractivity contribution in [2.45, 2.75) is 23.8 Å². The molecule has 0 radical (unpaired) electrons. The van der Waals surface area contributed by atoms with Crippen LogP contribution in [0.2, 0.25) is 0 Å². The molecule has 0 aliphatic heterocycles. The van der Waals surface area contributed by atoms with Gasteiger partial charge in [-0.05, 0) is 47.0 Å². The van der Waals surface area contributed by atoms with Crippen molar-refractivity contribution in [3.63, 3.8) is 0 Å². The molecule has 0 fully saturated rings. The van der Waals surface area contributed by atoms with Crippen molar-refractivity contribution in [2.24, 2.45) is 7.05 Å². The lowest BCUT2D eigenvalue weighted by Crippen LogP contribution is -2.13. The van der Waals surface area contributed by atoms with Gasteiger partial charge in [0.05, 0.1) is 4.90 Å². The molecule has 10 nitrogen and oxygen atoms in total. The van der Waals surface area contributed by atoms with Crippen LogP contribution in [0.3, 0.4) is 0 Å². The Morgan fingerprint density at radius 2 is 1.92 bits per heavy atom. The zero-order chi connectivity index (χ0) is 18.9. The van der Waals surface area contributed by atoms with Crippen LogP contribution in [0.15, 0.2) is 28.4 Å². The normalized spacial score (nSPS) is 11.3. The minimum atomic E-state index is -4.22. The summed E-state index contributed by atoms with van der Waals surface area (Å²) in [6.45, 7) is 2.42. The molecule has 0 saturated heterocycles. The Bertz CT molecular complexity index is 940. The summed E-state index contributed by atoms with van der Waals surface area (Å²) in [5.74, 6) is -1.74. The van der Waals surface area contributed by atoms with E-state index in [-0.39, 0.29) is 21.8 Å². The number of hydrogen-bond acceptors (Lipinski definition) is 7. The van der Waals surface area contributed by atoms with Crippen LogP contribution in [-0.4, -0.2) is 40.6 Å². The van der Waals surface area contributed by atoms with Gasteiger partial charge in [0.15, 0.2) is 6.61 Å². The van der Waals surface area contributed by atoms with E-state index < -0.39 is 38.2 Å². The largest absolute Gasteiger partial charge is 0.482 e. The van der Waals surface area contributed by atoms with Crippen molar-refractivity contribution in [3.05, 3.63) is 39.7 Å². The van der Waals surface area contributed by atoms with Crippen LogP contribution < -0.4 is 4.74 Å². The summed E-state index contributed by atoms with van der Waals surface area (Å²) in [7, 11) is -2.88. The first-order chi connectivity index (χ1) is 11.6. The molecule has 1 aromatic heterocycles. The molecular formula is C14H15N3O7S. The molecule has 0 saturated carbocycles. The topological polar surface area (TPSA) is 142 Å². The summed E-state index contributed by atoms with van der Waals surface area (Å²) in [6, 6.07) is 2.73. The van der Waals surface area contributed by atoms with Crippen LogP contribution >= 0.6 is 0 Å². The molecule has 2 aromatic rings. The van der Waals surface area contributed by atoms with Crippen molar-refractivity contribution in [1.82, 2.24) is 9.55 Å².